The lowest BCUT2D eigenvalue weighted by Gasteiger charge is -2.17. The Hall–Kier alpha value is -2.90. The second kappa shape index (κ2) is 11.1. The molecular weight excluding hydrogens is 498 g/mol. The number of nitrogens with one attached hydrogen (secondary N) is 1. The van der Waals surface area contributed by atoms with Crippen molar-refractivity contribution < 1.29 is 24.1 Å². The summed E-state index contributed by atoms with van der Waals surface area (Å²) in [5, 5.41) is 13.2. The number of methoxy groups -OCH3 is 1. The van der Waals surface area contributed by atoms with Crippen LogP contribution in [0.15, 0.2) is 59.1 Å². The highest BCUT2D eigenvalue weighted by Gasteiger charge is 2.14. The van der Waals surface area contributed by atoms with Crippen LogP contribution in [0.1, 0.15) is 28.4 Å². The molecule has 0 spiro atoms. The van der Waals surface area contributed by atoms with Gasteiger partial charge in [0.05, 0.1) is 29.4 Å². The highest BCUT2D eigenvalue weighted by Crippen LogP contribution is 2.38. The van der Waals surface area contributed by atoms with Crippen molar-refractivity contribution in [1.82, 2.24) is 0 Å². The first kappa shape index (κ1) is 23.8. The zero-order valence-electron chi connectivity index (χ0n) is 17.7. The van der Waals surface area contributed by atoms with E-state index in [9.17, 15) is 9.90 Å². The minimum Gasteiger partial charge on any atom is -0.495 e. The number of benzene rings is 3. The van der Waals surface area contributed by atoms with Crippen molar-refractivity contribution >= 4 is 39.2 Å². The Labute approximate surface area is 200 Å². The summed E-state index contributed by atoms with van der Waals surface area (Å²) in [5.41, 5.74) is 2.67. The van der Waals surface area contributed by atoms with Crippen molar-refractivity contribution in [2.75, 3.05) is 19.0 Å². The van der Waals surface area contributed by atoms with Crippen molar-refractivity contribution in [3.05, 3.63) is 80.8 Å². The maximum absolute atomic E-state index is 11.3. The Morgan fingerprint density at radius 1 is 1.03 bits per heavy atom. The van der Waals surface area contributed by atoms with E-state index < -0.39 is 5.97 Å². The van der Waals surface area contributed by atoms with Gasteiger partial charge >= 0.3 is 5.97 Å². The first-order valence-corrected chi connectivity index (χ1v) is 11.1. The van der Waals surface area contributed by atoms with Crippen LogP contribution < -0.4 is 19.5 Å². The van der Waals surface area contributed by atoms with Gasteiger partial charge in [-0.2, -0.15) is 0 Å². The Morgan fingerprint density at radius 3 is 2.44 bits per heavy atom. The van der Waals surface area contributed by atoms with Crippen LogP contribution in [0.25, 0.3) is 0 Å². The molecule has 0 radical (unpaired) electrons. The molecule has 32 heavy (non-hydrogen) atoms. The third-order valence-electron chi connectivity index (χ3n) is 4.59. The van der Waals surface area contributed by atoms with Gasteiger partial charge in [-0.1, -0.05) is 23.7 Å². The number of aromatic carboxylic acids is 1. The van der Waals surface area contributed by atoms with Crippen LogP contribution in [0, 0.1) is 0 Å². The second-order valence-corrected chi connectivity index (χ2v) is 8.12. The lowest BCUT2D eigenvalue weighted by Crippen LogP contribution is -2.06. The fourth-order valence-electron chi connectivity index (χ4n) is 3.04. The van der Waals surface area contributed by atoms with Gasteiger partial charge in [0.2, 0.25) is 0 Å². The van der Waals surface area contributed by atoms with Crippen LogP contribution in [0.5, 0.6) is 17.2 Å². The highest BCUT2D eigenvalue weighted by atomic mass is 79.9. The van der Waals surface area contributed by atoms with Crippen LogP contribution in [-0.2, 0) is 13.2 Å². The summed E-state index contributed by atoms with van der Waals surface area (Å²) in [6, 6.07) is 16.0. The quantitative estimate of drug-likeness (QED) is 0.322. The Bertz CT molecular complexity index is 1090. The number of ether oxygens (including phenoxy) is 3. The number of anilines is 1. The third-order valence-corrected chi connectivity index (χ3v) is 5.44. The number of hydrogen-bond acceptors (Lipinski definition) is 5. The molecule has 0 heterocycles. The standard InChI is InChI=1S/C24H23BrClNO5/c1-3-31-22-11-16(13-27-20-12-17(24(28)29)6-9-21(20)30-2)10-19(25)23(22)32-14-15-4-7-18(26)8-5-15/h4-12,27H,3,13-14H2,1-2H3,(H,28,29). The summed E-state index contributed by atoms with van der Waals surface area (Å²) < 4.78 is 17.9. The first-order valence-electron chi connectivity index (χ1n) is 9.89. The largest absolute Gasteiger partial charge is 0.495 e. The molecule has 8 heteroatoms. The average Bonchev–Trinajstić information content (AvgIpc) is 2.78. The summed E-state index contributed by atoms with van der Waals surface area (Å²) in [4.78, 5) is 11.3. The summed E-state index contributed by atoms with van der Waals surface area (Å²) in [7, 11) is 1.54. The minimum atomic E-state index is -1.00. The molecule has 0 aliphatic rings. The predicted octanol–water partition coefficient (Wildman–Crippen LogP) is 6.40. The summed E-state index contributed by atoms with van der Waals surface area (Å²) in [6.45, 7) is 3.18. The van der Waals surface area contributed by atoms with E-state index in [-0.39, 0.29) is 5.56 Å². The van der Waals surface area contributed by atoms with E-state index in [1.54, 1.807) is 12.1 Å². The van der Waals surface area contributed by atoms with Crippen molar-refractivity contribution in [3.63, 3.8) is 0 Å². The number of hydrogen-bond donors (Lipinski definition) is 2. The van der Waals surface area contributed by atoms with Crippen molar-refractivity contribution in [1.29, 1.82) is 0 Å². The minimum absolute atomic E-state index is 0.176. The highest BCUT2D eigenvalue weighted by molar-refractivity contribution is 9.10. The zero-order chi connectivity index (χ0) is 23.1. The monoisotopic (exact) mass is 519 g/mol. The maximum atomic E-state index is 11.3. The van der Waals surface area contributed by atoms with Crippen LogP contribution in [-0.4, -0.2) is 24.8 Å². The van der Waals surface area contributed by atoms with E-state index in [0.717, 1.165) is 15.6 Å². The van der Waals surface area contributed by atoms with Gasteiger partial charge in [0.1, 0.15) is 12.4 Å². The lowest BCUT2D eigenvalue weighted by molar-refractivity contribution is 0.0697. The van der Waals surface area contributed by atoms with Gasteiger partial charge in [-0.05, 0) is 76.4 Å². The molecule has 0 aliphatic carbocycles. The fourth-order valence-corrected chi connectivity index (χ4v) is 3.77. The van der Waals surface area contributed by atoms with Gasteiger partial charge in [-0.25, -0.2) is 4.79 Å². The molecule has 0 saturated carbocycles. The molecule has 2 N–H and O–H groups in total. The van der Waals surface area contributed by atoms with E-state index in [2.05, 4.69) is 21.2 Å². The molecule has 0 atom stereocenters. The Kier molecular flexibility index (Phi) is 8.25. The summed E-state index contributed by atoms with van der Waals surface area (Å²) in [5.74, 6) is 0.774. The summed E-state index contributed by atoms with van der Waals surface area (Å²) >= 11 is 9.53. The number of carboxylic acids is 1. The van der Waals surface area contributed by atoms with Crippen LogP contribution in [0.3, 0.4) is 0 Å². The Morgan fingerprint density at radius 2 is 1.78 bits per heavy atom. The van der Waals surface area contributed by atoms with E-state index in [1.807, 2.05) is 43.3 Å². The molecule has 168 valence electrons. The van der Waals surface area contributed by atoms with E-state index in [0.29, 0.717) is 47.7 Å². The molecule has 0 saturated heterocycles. The van der Waals surface area contributed by atoms with Crippen LogP contribution in [0.4, 0.5) is 5.69 Å². The second-order valence-electron chi connectivity index (χ2n) is 6.83. The number of carbonyl (C=O) groups is 1. The van der Waals surface area contributed by atoms with Gasteiger partial charge in [0, 0.05) is 11.6 Å². The Balaban J connectivity index is 1.79. The van der Waals surface area contributed by atoms with Gasteiger partial charge in [0.25, 0.3) is 0 Å². The molecular formula is C24H23BrClNO5. The smallest absolute Gasteiger partial charge is 0.335 e. The van der Waals surface area contributed by atoms with E-state index in [1.165, 1.54) is 13.2 Å². The average molecular weight is 521 g/mol. The van der Waals surface area contributed by atoms with Crippen molar-refractivity contribution in [2.45, 2.75) is 20.1 Å². The number of halogens is 2. The number of rotatable bonds is 10. The summed E-state index contributed by atoms with van der Waals surface area (Å²) in [6.07, 6.45) is 0. The molecule has 3 rings (SSSR count). The molecule has 0 aliphatic heterocycles. The van der Waals surface area contributed by atoms with Crippen molar-refractivity contribution in [3.8, 4) is 17.2 Å². The first-order chi connectivity index (χ1) is 15.4. The van der Waals surface area contributed by atoms with Crippen LogP contribution in [0.2, 0.25) is 5.02 Å². The lowest BCUT2D eigenvalue weighted by atomic mass is 10.1. The van der Waals surface area contributed by atoms with Gasteiger partial charge in [-0.15, -0.1) is 0 Å². The molecule has 0 aromatic heterocycles. The normalized spacial score (nSPS) is 10.5. The number of carboxylic acid groups (broad SMARTS) is 1. The van der Waals surface area contributed by atoms with Gasteiger partial charge in [0.15, 0.2) is 11.5 Å². The molecule has 6 nitrogen and oxygen atoms in total. The topological polar surface area (TPSA) is 77.0 Å². The van der Waals surface area contributed by atoms with Gasteiger partial charge in [-0.3, -0.25) is 0 Å². The third kappa shape index (κ3) is 6.08. The molecule has 3 aromatic rings. The molecule has 0 amide bonds. The van der Waals surface area contributed by atoms with E-state index >= 15 is 0 Å². The van der Waals surface area contributed by atoms with Gasteiger partial charge < -0.3 is 24.6 Å². The van der Waals surface area contributed by atoms with Crippen LogP contribution >= 0.6 is 27.5 Å². The van der Waals surface area contributed by atoms with E-state index in [4.69, 9.17) is 25.8 Å². The molecule has 0 unspecified atom stereocenters. The fraction of sp³-hybridized carbons (Fsp3) is 0.208. The van der Waals surface area contributed by atoms with Crippen molar-refractivity contribution in [2.24, 2.45) is 0 Å². The maximum Gasteiger partial charge on any atom is 0.335 e. The molecule has 3 aromatic carbocycles. The molecule has 0 fully saturated rings. The SMILES string of the molecule is CCOc1cc(CNc2cc(C(=O)O)ccc2OC)cc(Br)c1OCc1ccc(Cl)cc1. The molecule has 0 bridgehead atoms. The predicted molar refractivity (Wildman–Crippen MR) is 128 cm³/mol. The zero-order valence-corrected chi connectivity index (χ0v) is 20.0.